The number of fused-ring (bicyclic) bond motifs is 1. The highest BCUT2D eigenvalue weighted by Gasteiger charge is 1.94. The molecule has 0 radical (unpaired) electrons. The first-order chi connectivity index (χ1) is 6.86. The van der Waals surface area contributed by atoms with Gasteiger partial charge >= 0.3 is 10.4 Å². The standard InChI is InChI=1S/C7H6N2S.H2O4S/c10-7-8-5-3-1-2-4-6(5)9-7;1-5(2,3)4/h1-4H,(H2,8,9,10);(H2,1,2,3,4). The minimum absolute atomic E-state index is 0.668. The molecule has 1 aromatic heterocycles. The monoisotopic (exact) mass is 248 g/mol. The second-order valence-electron chi connectivity index (χ2n) is 2.53. The van der Waals surface area contributed by atoms with Crippen LogP contribution in [-0.2, 0) is 10.4 Å². The predicted octanol–water partition coefficient (Wildman–Crippen LogP) is 1.20. The maximum absolute atomic E-state index is 8.74. The third-order valence-electron chi connectivity index (χ3n) is 1.38. The van der Waals surface area contributed by atoms with Crippen LogP contribution in [0.5, 0.6) is 0 Å². The number of thiol groups is 1. The van der Waals surface area contributed by atoms with Crippen LogP contribution in [0.3, 0.4) is 0 Å². The number of rotatable bonds is 0. The number of aromatic nitrogens is 2. The van der Waals surface area contributed by atoms with Crippen LogP contribution in [0, 0.1) is 0 Å². The molecule has 3 N–H and O–H groups in total. The molecule has 0 aliphatic carbocycles. The molecule has 15 heavy (non-hydrogen) atoms. The average molecular weight is 248 g/mol. The van der Waals surface area contributed by atoms with Gasteiger partial charge in [0.1, 0.15) is 0 Å². The summed E-state index contributed by atoms with van der Waals surface area (Å²) >= 11 is 4.08. The fraction of sp³-hybridized carbons (Fsp3) is 0. The molecule has 6 nitrogen and oxygen atoms in total. The molecule has 0 amide bonds. The van der Waals surface area contributed by atoms with Crippen LogP contribution in [0.15, 0.2) is 29.4 Å². The Hall–Kier alpha value is -1.09. The van der Waals surface area contributed by atoms with Crippen molar-refractivity contribution in [1.29, 1.82) is 0 Å². The molecule has 2 rings (SSSR count). The Morgan fingerprint density at radius 1 is 1.27 bits per heavy atom. The molecule has 0 spiro atoms. The number of aromatic amines is 1. The first-order valence-electron chi connectivity index (χ1n) is 3.70. The Balaban J connectivity index is 0.000000195. The lowest BCUT2D eigenvalue weighted by Crippen LogP contribution is -1.89. The molecule has 0 bridgehead atoms. The number of para-hydroxylation sites is 2. The lowest BCUT2D eigenvalue weighted by Gasteiger charge is -1.81. The summed E-state index contributed by atoms with van der Waals surface area (Å²) < 4.78 is 31.6. The zero-order valence-corrected chi connectivity index (χ0v) is 9.03. The number of imidazole rings is 1. The van der Waals surface area contributed by atoms with Crippen molar-refractivity contribution in [1.82, 2.24) is 9.97 Å². The largest absolute Gasteiger partial charge is 0.394 e. The SMILES string of the molecule is O=S(=O)(O)O.Sc1nc2ccccc2[nH]1. The number of hydrogen-bond donors (Lipinski definition) is 4. The van der Waals surface area contributed by atoms with E-state index in [0.717, 1.165) is 11.0 Å². The maximum atomic E-state index is 8.74. The summed E-state index contributed by atoms with van der Waals surface area (Å²) in [5.41, 5.74) is 2.00. The number of H-pyrrole nitrogens is 1. The average Bonchev–Trinajstić information content (AvgIpc) is 2.40. The van der Waals surface area contributed by atoms with Crippen molar-refractivity contribution in [3.8, 4) is 0 Å². The third kappa shape index (κ3) is 4.79. The van der Waals surface area contributed by atoms with Gasteiger partial charge in [-0.15, -0.1) is 12.6 Å². The van der Waals surface area contributed by atoms with E-state index in [2.05, 4.69) is 22.6 Å². The summed E-state index contributed by atoms with van der Waals surface area (Å²) in [6.07, 6.45) is 0. The fourth-order valence-corrected chi connectivity index (χ4v) is 1.17. The van der Waals surface area contributed by atoms with Gasteiger partial charge in [-0.05, 0) is 12.1 Å². The van der Waals surface area contributed by atoms with Crippen LogP contribution >= 0.6 is 12.6 Å². The van der Waals surface area contributed by atoms with Crippen molar-refractivity contribution in [3.63, 3.8) is 0 Å². The summed E-state index contributed by atoms with van der Waals surface area (Å²) in [4.78, 5) is 7.13. The molecule has 0 aliphatic rings. The first-order valence-corrected chi connectivity index (χ1v) is 5.54. The summed E-state index contributed by atoms with van der Waals surface area (Å²) in [6, 6.07) is 7.84. The molecule has 2 aromatic rings. The molecule has 0 saturated heterocycles. The molecular formula is C7H8N2O4S2. The highest BCUT2D eigenvalue weighted by Crippen LogP contribution is 2.11. The Labute approximate surface area is 91.3 Å². The van der Waals surface area contributed by atoms with Gasteiger partial charge < -0.3 is 4.98 Å². The maximum Gasteiger partial charge on any atom is 0.394 e. The minimum atomic E-state index is -4.67. The molecule has 0 unspecified atom stereocenters. The summed E-state index contributed by atoms with van der Waals surface area (Å²) in [6.45, 7) is 0. The predicted molar refractivity (Wildman–Crippen MR) is 57.5 cm³/mol. The van der Waals surface area contributed by atoms with E-state index in [0.29, 0.717) is 5.16 Å². The number of nitrogens with one attached hydrogen (secondary N) is 1. The van der Waals surface area contributed by atoms with Crippen LogP contribution in [-0.4, -0.2) is 27.5 Å². The van der Waals surface area contributed by atoms with Crippen LogP contribution < -0.4 is 0 Å². The molecule has 1 heterocycles. The van der Waals surface area contributed by atoms with Gasteiger partial charge in [-0.25, -0.2) is 4.98 Å². The first kappa shape index (κ1) is 12.0. The van der Waals surface area contributed by atoms with Crippen molar-refractivity contribution in [2.45, 2.75) is 5.16 Å². The van der Waals surface area contributed by atoms with E-state index in [1.165, 1.54) is 0 Å². The molecule has 1 aromatic carbocycles. The zero-order valence-electron chi connectivity index (χ0n) is 7.32. The Bertz CT molecular complexity index is 508. The van der Waals surface area contributed by atoms with E-state index in [1.807, 2.05) is 24.3 Å². The second-order valence-corrected chi connectivity index (χ2v) is 3.84. The Kier molecular flexibility index (Phi) is 3.69. The molecule has 0 atom stereocenters. The molecular weight excluding hydrogens is 240 g/mol. The van der Waals surface area contributed by atoms with E-state index in [9.17, 15) is 0 Å². The zero-order chi connectivity index (χ0) is 11.5. The summed E-state index contributed by atoms with van der Waals surface area (Å²) in [5, 5.41) is 0.668. The topological polar surface area (TPSA) is 103 Å². The molecule has 8 heteroatoms. The highest BCUT2D eigenvalue weighted by atomic mass is 32.3. The smallest absolute Gasteiger partial charge is 0.333 e. The summed E-state index contributed by atoms with van der Waals surface area (Å²) in [7, 11) is -4.67. The summed E-state index contributed by atoms with van der Waals surface area (Å²) in [5.74, 6) is 0. The van der Waals surface area contributed by atoms with E-state index >= 15 is 0 Å². The quantitative estimate of drug-likeness (QED) is 0.414. The number of benzene rings is 1. The lowest BCUT2D eigenvalue weighted by atomic mass is 10.3. The highest BCUT2D eigenvalue weighted by molar-refractivity contribution is 7.80. The van der Waals surface area contributed by atoms with Crippen molar-refractivity contribution >= 4 is 34.1 Å². The third-order valence-corrected chi connectivity index (χ3v) is 1.59. The van der Waals surface area contributed by atoms with Crippen LogP contribution in [0.4, 0.5) is 0 Å². The van der Waals surface area contributed by atoms with Gasteiger partial charge in [-0.1, -0.05) is 12.1 Å². The molecule has 0 fully saturated rings. The molecule has 0 aliphatic heterocycles. The van der Waals surface area contributed by atoms with E-state index < -0.39 is 10.4 Å². The second kappa shape index (κ2) is 4.62. The normalized spacial score (nSPS) is 10.9. The van der Waals surface area contributed by atoms with Gasteiger partial charge in [-0.2, -0.15) is 8.42 Å². The van der Waals surface area contributed by atoms with Gasteiger partial charge in [0.15, 0.2) is 5.16 Å². The van der Waals surface area contributed by atoms with Gasteiger partial charge in [0, 0.05) is 0 Å². The number of nitrogens with zero attached hydrogens (tertiary/aromatic N) is 1. The van der Waals surface area contributed by atoms with Gasteiger partial charge in [-0.3, -0.25) is 9.11 Å². The molecule has 0 saturated carbocycles. The van der Waals surface area contributed by atoms with Crippen LogP contribution in [0.25, 0.3) is 11.0 Å². The van der Waals surface area contributed by atoms with Crippen molar-refractivity contribution in [2.75, 3.05) is 0 Å². The minimum Gasteiger partial charge on any atom is -0.333 e. The van der Waals surface area contributed by atoms with Crippen LogP contribution in [0.2, 0.25) is 0 Å². The lowest BCUT2D eigenvalue weighted by molar-refractivity contribution is 0.381. The number of hydrogen-bond acceptors (Lipinski definition) is 4. The van der Waals surface area contributed by atoms with Crippen molar-refractivity contribution < 1.29 is 17.5 Å². The van der Waals surface area contributed by atoms with Crippen LogP contribution in [0.1, 0.15) is 0 Å². The van der Waals surface area contributed by atoms with E-state index in [4.69, 9.17) is 17.5 Å². The van der Waals surface area contributed by atoms with Gasteiger partial charge in [0.05, 0.1) is 11.0 Å². The van der Waals surface area contributed by atoms with Gasteiger partial charge in [0.25, 0.3) is 0 Å². The van der Waals surface area contributed by atoms with Crippen molar-refractivity contribution in [2.24, 2.45) is 0 Å². The Morgan fingerprint density at radius 2 is 1.80 bits per heavy atom. The van der Waals surface area contributed by atoms with Crippen molar-refractivity contribution in [3.05, 3.63) is 24.3 Å². The fourth-order valence-electron chi connectivity index (χ4n) is 0.939. The van der Waals surface area contributed by atoms with E-state index in [-0.39, 0.29) is 0 Å². The Morgan fingerprint density at radius 3 is 2.33 bits per heavy atom. The molecule has 82 valence electrons. The van der Waals surface area contributed by atoms with E-state index in [1.54, 1.807) is 0 Å². The van der Waals surface area contributed by atoms with Gasteiger partial charge in [0.2, 0.25) is 0 Å².